The van der Waals surface area contributed by atoms with Crippen LogP contribution >= 0.6 is 11.6 Å². The fraction of sp³-hybridized carbons (Fsp3) is 0.368. The van der Waals surface area contributed by atoms with Crippen LogP contribution in [0, 0.1) is 6.92 Å². The molecule has 2 aromatic rings. The molecule has 0 aliphatic heterocycles. The van der Waals surface area contributed by atoms with Crippen molar-refractivity contribution in [3.8, 4) is 11.5 Å². The van der Waals surface area contributed by atoms with Crippen molar-refractivity contribution in [2.75, 3.05) is 18.5 Å². The highest BCUT2D eigenvalue weighted by molar-refractivity contribution is 6.30. The molecule has 0 saturated carbocycles. The minimum absolute atomic E-state index is 0.241. The number of nitrogens with one attached hydrogen (secondary N) is 1. The van der Waals surface area contributed by atoms with Crippen molar-refractivity contribution in [2.45, 2.75) is 33.3 Å². The first-order chi connectivity index (χ1) is 11.1. The lowest BCUT2D eigenvalue weighted by molar-refractivity contribution is 0.217. The topological polar surface area (TPSA) is 30.5 Å². The van der Waals surface area contributed by atoms with E-state index in [1.54, 1.807) is 0 Å². The van der Waals surface area contributed by atoms with E-state index < -0.39 is 0 Å². The zero-order chi connectivity index (χ0) is 16.7. The lowest BCUT2D eigenvalue weighted by Gasteiger charge is -2.13. The quantitative estimate of drug-likeness (QED) is 0.663. The van der Waals surface area contributed by atoms with E-state index in [-0.39, 0.29) is 6.10 Å². The van der Waals surface area contributed by atoms with Crippen molar-refractivity contribution in [3.05, 3.63) is 53.1 Å². The Labute approximate surface area is 143 Å². The first-order valence-electron chi connectivity index (χ1n) is 7.98. The Kier molecular flexibility index (Phi) is 6.60. The molecule has 4 heteroatoms. The van der Waals surface area contributed by atoms with Crippen LogP contribution in [0.1, 0.15) is 25.8 Å². The Bertz CT molecular complexity index is 613. The molecule has 0 radical (unpaired) electrons. The molecule has 0 aromatic heterocycles. The van der Waals surface area contributed by atoms with E-state index in [1.807, 2.05) is 49.4 Å². The lowest BCUT2D eigenvalue weighted by Crippen LogP contribution is -2.12. The van der Waals surface area contributed by atoms with E-state index in [1.165, 1.54) is 0 Å². The number of hydrogen-bond acceptors (Lipinski definition) is 3. The Hall–Kier alpha value is -1.87. The predicted molar refractivity (Wildman–Crippen MR) is 97.0 cm³/mol. The Morgan fingerprint density at radius 2 is 1.87 bits per heavy atom. The molecular weight excluding hydrogens is 310 g/mol. The van der Waals surface area contributed by atoms with Crippen molar-refractivity contribution < 1.29 is 9.47 Å². The van der Waals surface area contributed by atoms with Crippen LogP contribution in [0.2, 0.25) is 5.02 Å². The Balaban J connectivity index is 1.75. The molecule has 0 bridgehead atoms. The third-order valence-electron chi connectivity index (χ3n) is 3.59. The van der Waals surface area contributed by atoms with E-state index >= 15 is 0 Å². The van der Waals surface area contributed by atoms with Gasteiger partial charge in [0.05, 0.1) is 6.10 Å². The first kappa shape index (κ1) is 17.5. The second-order valence-corrected chi connectivity index (χ2v) is 5.98. The van der Waals surface area contributed by atoms with E-state index in [4.69, 9.17) is 21.1 Å². The average molecular weight is 334 g/mol. The molecular formula is C19H24ClNO2. The molecule has 1 unspecified atom stereocenters. The van der Waals surface area contributed by atoms with E-state index in [9.17, 15) is 0 Å². The molecule has 0 heterocycles. The van der Waals surface area contributed by atoms with Crippen LogP contribution in [0.4, 0.5) is 5.69 Å². The summed E-state index contributed by atoms with van der Waals surface area (Å²) in [6.07, 6.45) is 1.24. The summed E-state index contributed by atoms with van der Waals surface area (Å²) in [6.45, 7) is 7.50. The highest BCUT2D eigenvalue weighted by Crippen LogP contribution is 2.22. The summed E-state index contributed by atoms with van der Waals surface area (Å²) in [7, 11) is 0. The van der Waals surface area contributed by atoms with E-state index in [0.29, 0.717) is 6.61 Å². The molecule has 0 amide bonds. The highest BCUT2D eigenvalue weighted by Gasteiger charge is 2.02. The number of ether oxygens (including phenoxy) is 2. The number of rotatable bonds is 8. The van der Waals surface area contributed by atoms with Crippen LogP contribution in [-0.2, 0) is 0 Å². The zero-order valence-electron chi connectivity index (χ0n) is 13.9. The normalized spacial score (nSPS) is 11.8. The second kappa shape index (κ2) is 8.68. The molecule has 124 valence electrons. The van der Waals surface area contributed by atoms with Crippen molar-refractivity contribution in [3.63, 3.8) is 0 Å². The molecule has 3 nitrogen and oxygen atoms in total. The lowest BCUT2D eigenvalue weighted by atomic mass is 10.2. The van der Waals surface area contributed by atoms with Gasteiger partial charge in [0.25, 0.3) is 0 Å². The number of halogens is 1. The van der Waals surface area contributed by atoms with Gasteiger partial charge < -0.3 is 14.8 Å². The largest absolute Gasteiger partial charge is 0.491 e. The van der Waals surface area contributed by atoms with Gasteiger partial charge in [-0.1, -0.05) is 18.5 Å². The maximum Gasteiger partial charge on any atom is 0.122 e. The predicted octanol–water partition coefficient (Wildman–Crippen LogP) is 5.32. The van der Waals surface area contributed by atoms with Gasteiger partial charge in [0.15, 0.2) is 0 Å². The van der Waals surface area contributed by atoms with Gasteiger partial charge in [-0.2, -0.15) is 0 Å². The summed E-state index contributed by atoms with van der Waals surface area (Å²) >= 11 is 5.93. The molecule has 1 N–H and O–H groups in total. The van der Waals surface area contributed by atoms with Gasteiger partial charge in [-0.15, -0.1) is 0 Å². The Morgan fingerprint density at radius 1 is 1.13 bits per heavy atom. The van der Waals surface area contributed by atoms with Crippen molar-refractivity contribution in [1.82, 2.24) is 0 Å². The molecule has 23 heavy (non-hydrogen) atoms. The molecule has 0 spiro atoms. The zero-order valence-corrected chi connectivity index (χ0v) is 14.7. The molecule has 2 rings (SSSR count). The van der Waals surface area contributed by atoms with E-state index in [2.05, 4.69) is 19.2 Å². The number of benzene rings is 2. The standard InChI is InChI=1S/C19H24ClNO2/c1-4-15(3)23-18-8-6-17(7-9-18)21-11-12-22-19-10-5-16(20)13-14(19)2/h5-10,13,15,21H,4,11-12H2,1-3H3. The van der Waals surface area contributed by atoms with Gasteiger partial charge in [0.2, 0.25) is 0 Å². The number of anilines is 1. The van der Waals surface area contributed by atoms with Gasteiger partial charge >= 0.3 is 0 Å². The fourth-order valence-electron chi connectivity index (χ4n) is 2.10. The summed E-state index contributed by atoms with van der Waals surface area (Å²) in [5, 5.41) is 4.06. The van der Waals surface area contributed by atoms with Crippen LogP contribution in [0.5, 0.6) is 11.5 Å². The number of aryl methyl sites for hydroxylation is 1. The third-order valence-corrected chi connectivity index (χ3v) is 3.83. The number of hydrogen-bond donors (Lipinski definition) is 1. The Morgan fingerprint density at radius 3 is 2.52 bits per heavy atom. The summed E-state index contributed by atoms with van der Waals surface area (Å²) in [6, 6.07) is 13.7. The fourth-order valence-corrected chi connectivity index (χ4v) is 2.32. The van der Waals surface area contributed by atoms with Crippen molar-refractivity contribution >= 4 is 17.3 Å². The SMILES string of the molecule is CCC(C)Oc1ccc(NCCOc2ccc(Cl)cc2C)cc1. The van der Waals surface area contributed by atoms with Gasteiger partial charge in [-0.25, -0.2) is 0 Å². The third kappa shape index (κ3) is 5.68. The summed E-state index contributed by atoms with van der Waals surface area (Å²) < 4.78 is 11.5. The van der Waals surface area contributed by atoms with Crippen molar-refractivity contribution in [2.24, 2.45) is 0 Å². The van der Waals surface area contributed by atoms with E-state index in [0.717, 1.165) is 40.7 Å². The molecule has 1 atom stereocenters. The molecule has 0 saturated heterocycles. The molecule has 0 fully saturated rings. The summed E-state index contributed by atoms with van der Waals surface area (Å²) in [4.78, 5) is 0. The smallest absolute Gasteiger partial charge is 0.122 e. The van der Waals surface area contributed by atoms with Crippen LogP contribution in [0.25, 0.3) is 0 Å². The first-order valence-corrected chi connectivity index (χ1v) is 8.36. The van der Waals surface area contributed by atoms with Crippen LogP contribution in [0.15, 0.2) is 42.5 Å². The maximum absolute atomic E-state index is 5.93. The summed E-state index contributed by atoms with van der Waals surface area (Å²) in [5.41, 5.74) is 2.10. The highest BCUT2D eigenvalue weighted by atomic mass is 35.5. The van der Waals surface area contributed by atoms with Gasteiger partial charge in [0.1, 0.15) is 18.1 Å². The minimum Gasteiger partial charge on any atom is -0.491 e. The van der Waals surface area contributed by atoms with Crippen molar-refractivity contribution in [1.29, 1.82) is 0 Å². The monoisotopic (exact) mass is 333 g/mol. The van der Waals surface area contributed by atoms with Crippen LogP contribution < -0.4 is 14.8 Å². The average Bonchev–Trinajstić information content (AvgIpc) is 2.54. The van der Waals surface area contributed by atoms with Crippen LogP contribution in [0.3, 0.4) is 0 Å². The molecule has 2 aromatic carbocycles. The summed E-state index contributed by atoms with van der Waals surface area (Å²) in [5.74, 6) is 1.77. The van der Waals surface area contributed by atoms with Gasteiger partial charge in [0, 0.05) is 17.3 Å². The van der Waals surface area contributed by atoms with Gasteiger partial charge in [-0.3, -0.25) is 0 Å². The molecule has 0 aliphatic rings. The van der Waals surface area contributed by atoms with Crippen LogP contribution in [-0.4, -0.2) is 19.3 Å². The molecule has 0 aliphatic carbocycles. The minimum atomic E-state index is 0.241. The van der Waals surface area contributed by atoms with Gasteiger partial charge in [-0.05, 0) is 68.3 Å². The second-order valence-electron chi connectivity index (χ2n) is 5.55. The maximum atomic E-state index is 5.93.